The van der Waals surface area contributed by atoms with Crippen molar-refractivity contribution in [1.29, 1.82) is 0 Å². The Bertz CT molecular complexity index is 3320. The number of hydrogen-bond donors (Lipinski definition) is 2. The predicted molar refractivity (Wildman–Crippen MR) is 238 cm³/mol. The van der Waals surface area contributed by atoms with E-state index >= 15 is 0 Å². The van der Waals surface area contributed by atoms with Crippen LogP contribution < -0.4 is 10.6 Å². The standard InChI is InChI=1S/C51H34N4OS/c1-3-14-31(15-4-1)49-52-50(32-16-5-2-6-17-32)54-51(53-49)38-22-11-21-37-39-30-33(28-29-45(39)57-48(37)38)34-20-12-26-43-46(34)47-42(25-13-27-44(47)56-43)55-40-23-9-7-18-35(40)36-19-8-10-24-41(36)55/h1-30,49,51,53H,(H,52,54). The van der Waals surface area contributed by atoms with E-state index in [1.807, 2.05) is 17.4 Å². The number of fused-ring (bicyclic) bond motifs is 9. The number of amidine groups is 1. The zero-order chi connectivity index (χ0) is 37.5. The topological polar surface area (TPSA) is 54.5 Å². The van der Waals surface area contributed by atoms with Crippen LogP contribution in [0.3, 0.4) is 0 Å². The van der Waals surface area contributed by atoms with E-state index in [0.29, 0.717) is 0 Å². The second kappa shape index (κ2) is 12.8. The summed E-state index contributed by atoms with van der Waals surface area (Å²) in [5.41, 5.74) is 10.9. The van der Waals surface area contributed by atoms with Crippen LogP contribution in [0.4, 0.5) is 0 Å². The van der Waals surface area contributed by atoms with Crippen molar-refractivity contribution in [2.24, 2.45) is 4.99 Å². The fourth-order valence-corrected chi connectivity index (χ4v) is 10.2. The molecule has 0 bridgehead atoms. The Labute approximate surface area is 332 Å². The van der Waals surface area contributed by atoms with E-state index in [1.54, 1.807) is 0 Å². The normalized spacial score (nSPS) is 15.9. The van der Waals surface area contributed by atoms with Gasteiger partial charge < -0.3 is 14.3 Å². The quantitative estimate of drug-likeness (QED) is 0.184. The van der Waals surface area contributed by atoms with Crippen LogP contribution in [0, 0.1) is 0 Å². The number of hydrogen-bond acceptors (Lipinski definition) is 5. The average molecular weight is 751 g/mol. The Morgan fingerprint density at radius 1 is 0.544 bits per heavy atom. The van der Waals surface area contributed by atoms with Gasteiger partial charge >= 0.3 is 0 Å². The highest BCUT2D eigenvalue weighted by Gasteiger charge is 2.27. The van der Waals surface area contributed by atoms with Crippen molar-refractivity contribution >= 4 is 81.1 Å². The van der Waals surface area contributed by atoms with Gasteiger partial charge in [0.05, 0.1) is 22.1 Å². The fraction of sp³-hybridized carbons (Fsp3) is 0.0392. The van der Waals surface area contributed by atoms with Gasteiger partial charge in [-0.25, -0.2) is 4.99 Å². The maximum atomic E-state index is 6.65. The highest BCUT2D eigenvalue weighted by molar-refractivity contribution is 7.26. The van der Waals surface area contributed by atoms with Crippen molar-refractivity contribution in [1.82, 2.24) is 15.2 Å². The molecular weight excluding hydrogens is 717 g/mol. The summed E-state index contributed by atoms with van der Waals surface area (Å²) in [6.07, 6.45) is -0.342. The van der Waals surface area contributed by atoms with Gasteiger partial charge in [-0.2, -0.15) is 0 Å². The SMILES string of the molecule is c1ccc(C2=NC(c3cccc4c3sc3ccc(-c5cccc6oc7cccc(-n8c9ccccc9c9ccccc98)c7c56)cc34)NC(c3ccccc3)N2)cc1. The zero-order valence-corrected chi connectivity index (χ0v) is 31.5. The summed E-state index contributed by atoms with van der Waals surface area (Å²) in [6.45, 7) is 0. The second-order valence-electron chi connectivity index (χ2n) is 14.7. The number of furan rings is 1. The molecule has 5 nitrogen and oxygen atoms in total. The molecule has 6 heteroatoms. The van der Waals surface area contributed by atoms with Crippen LogP contribution in [0.15, 0.2) is 191 Å². The highest BCUT2D eigenvalue weighted by Crippen LogP contribution is 2.45. The molecule has 0 saturated heterocycles. The van der Waals surface area contributed by atoms with Gasteiger partial charge in [-0.15, -0.1) is 11.3 Å². The van der Waals surface area contributed by atoms with Crippen LogP contribution in [0.5, 0.6) is 0 Å². The molecule has 12 rings (SSSR count). The Morgan fingerprint density at radius 3 is 2.00 bits per heavy atom. The molecule has 0 saturated carbocycles. The van der Waals surface area contributed by atoms with Gasteiger partial charge in [0.1, 0.15) is 29.3 Å². The van der Waals surface area contributed by atoms with Gasteiger partial charge in [-0.3, -0.25) is 5.32 Å². The van der Waals surface area contributed by atoms with E-state index in [-0.39, 0.29) is 12.3 Å². The molecule has 57 heavy (non-hydrogen) atoms. The molecular formula is C51H34N4OS. The first-order chi connectivity index (χ1) is 28.3. The number of nitrogens with zero attached hydrogens (tertiary/aromatic N) is 2. The lowest BCUT2D eigenvalue weighted by molar-refractivity contribution is 0.411. The summed E-state index contributed by atoms with van der Waals surface area (Å²) in [4.78, 5) is 5.30. The summed E-state index contributed by atoms with van der Waals surface area (Å²) in [6, 6.07) is 64.8. The van der Waals surface area contributed by atoms with Crippen LogP contribution in [-0.2, 0) is 0 Å². The highest BCUT2D eigenvalue weighted by atomic mass is 32.1. The molecule has 0 aliphatic carbocycles. The van der Waals surface area contributed by atoms with Crippen LogP contribution in [-0.4, -0.2) is 10.4 Å². The third-order valence-electron chi connectivity index (χ3n) is 11.5. The third kappa shape index (κ3) is 5.08. The van der Waals surface area contributed by atoms with E-state index in [0.717, 1.165) is 50.2 Å². The first kappa shape index (κ1) is 32.3. The Hall–Kier alpha value is -6.99. The number of nitrogens with one attached hydrogen (secondary N) is 2. The predicted octanol–water partition coefficient (Wildman–Crippen LogP) is 13.1. The van der Waals surface area contributed by atoms with E-state index in [9.17, 15) is 0 Å². The molecule has 2 N–H and O–H groups in total. The lowest BCUT2D eigenvalue weighted by Crippen LogP contribution is -2.44. The molecule has 270 valence electrons. The number of para-hydroxylation sites is 2. The minimum Gasteiger partial charge on any atom is -0.456 e. The van der Waals surface area contributed by atoms with E-state index in [4.69, 9.17) is 9.41 Å². The number of rotatable bonds is 5. The minimum atomic E-state index is -0.242. The molecule has 11 aromatic rings. The first-order valence-electron chi connectivity index (χ1n) is 19.4. The number of thiophene rings is 1. The monoisotopic (exact) mass is 750 g/mol. The van der Waals surface area contributed by atoms with Crippen LogP contribution in [0.2, 0.25) is 0 Å². The van der Waals surface area contributed by atoms with Crippen molar-refractivity contribution < 1.29 is 4.42 Å². The van der Waals surface area contributed by atoms with Crippen LogP contribution in [0.1, 0.15) is 29.0 Å². The largest absolute Gasteiger partial charge is 0.456 e. The third-order valence-corrected chi connectivity index (χ3v) is 12.7. The van der Waals surface area contributed by atoms with Crippen molar-refractivity contribution in [2.75, 3.05) is 0 Å². The molecule has 0 amide bonds. The Morgan fingerprint density at radius 2 is 1.21 bits per heavy atom. The summed E-state index contributed by atoms with van der Waals surface area (Å²) in [5.74, 6) is 0.884. The lowest BCUT2D eigenvalue weighted by Gasteiger charge is -2.32. The summed E-state index contributed by atoms with van der Waals surface area (Å²) < 4.78 is 11.5. The smallest absolute Gasteiger partial charge is 0.137 e. The van der Waals surface area contributed by atoms with Crippen molar-refractivity contribution in [3.05, 3.63) is 199 Å². The van der Waals surface area contributed by atoms with Gasteiger partial charge in [0.25, 0.3) is 0 Å². The Balaban J connectivity index is 1.03. The molecule has 2 unspecified atom stereocenters. The number of aromatic nitrogens is 1. The van der Waals surface area contributed by atoms with Gasteiger partial charge in [-0.05, 0) is 59.2 Å². The zero-order valence-electron chi connectivity index (χ0n) is 30.7. The van der Waals surface area contributed by atoms with Crippen molar-refractivity contribution in [2.45, 2.75) is 12.3 Å². The van der Waals surface area contributed by atoms with E-state index in [1.165, 1.54) is 53.1 Å². The maximum absolute atomic E-state index is 6.65. The van der Waals surface area contributed by atoms with Gasteiger partial charge in [0.15, 0.2) is 0 Å². The first-order valence-corrected chi connectivity index (χ1v) is 20.2. The molecule has 2 atom stereocenters. The summed E-state index contributed by atoms with van der Waals surface area (Å²) in [5, 5.41) is 14.7. The molecule has 1 aliphatic rings. The lowest BCUT2D eigenvalue weighted by atomic mass is 9.97. The molecule has 4 heterocycles. The number of aliphatic imine (C=N–C) groups is 1. The second-order valence-corrected chi connectivity index (χ2v) is 15.8. The van der Waals surface area contributed by atoms with Gasteiger partial charge in [0, 0.05) is 47.5 Å². The molecule has 0 radical (unpaired) electrons. The number of benzene rings is 8. The summed E-state index contributed by atoms with van der Waals surface area (Å²) in [7, 11) is 0. The molecule has 1 aliphatic heterocycles. The average Bonchev–Trinajstić information content (AvgIpc) is 3.96. The Kier molecular flexibility index (Phi) is 7.24. The van der Waals surface area contributed by atoms with Gasteiger partial charge in [-0.1, -0.05) is 140 Å². The minimum absolute atomic E-state index is 0.0992. The molecule has 0 fully saturated rings. The molecule has 8 aromatic carbocycles. The van der Waals surface area contributed by atoms with E-state index < -0.39 is 0 Å². The maximum Gasteiger partial charge on any atom is 0.137 e. The van der Waals surface area contributed by atoms with Gasteiger partial charge in [0.2, 0.25) is 0 Å². The van der Waals surface area contributed by atoms with E-state index in [2.05, 4.69) is 191 Å². The van der Waals surface area contributed by atoms with Crippen molar-refractivity contribution in [3.8, 4) is 16.8 Å². The molecule has 3 aromatic heterocycles. The van der Waals surface area contributed by atoms with Crippen molar-refractivity contribution in [3.63, 3.8) is 0 Å². The van der Waals surface area contributed by atoms with Crippen LogP contribution >= 0.6 is 11.3 Å². The van der Waals surface area contributed by atoms with Crippen LogP contribution in [0.25, 0.3) is 80.7 Å². The fourth-order valence-electron chi connectivity index (χ4n) is 8.94. The summed E-state index contributed by atoms with van der Waals surface area (Å²) >= 11 is 1.84. The molecule has 0 spiro atoms.